The zero-order valence-corrected chi connectivity index (χ0v) is 7.94. The topological polar surface area (TPSA) is 65.6 Å². The lowest BCUT2D eigenvalue weighted by Gasteiger charge is -2.16. The van der Waals surface area contributed by atoms with Gasteiger partial charge in [-0.25, -0.2) is 0 Å². The second kappa shape index (κ2) is 3.73. The molecular weight excluding hydrogens is 182 g/mol. The molecule has 0 aliphatic heterocycles. The molecule has 78 valence electrons. The Morgan fingerprint density at radius 2 is 2.36 bits per heavy atom. The van der Waals surface area contributed by atoms with Gasteiger partial charge in [0, 0.05) is 12.1 Å². The normalized spacial score (nSPS) is 20.7. The molecule has 1 heterocycles. The van der Waals surface area contributed by atoms with Crippen molar-refractivity contribution >= 4 is 0 Å². The molecule has 0 bridgehead atoms. The number of aliphatic hydroxyl groups is 2. The molecule has 1 aliphatic carbocycles. The number of furan rings is 1. The monoisotopic (exact) mass is 197 g/mol. The summed E-state index contributed by atoms with van der Waals surface area (Å²) in [6.07, 6.45) is 2.87. The van der Waals surface area contributed by atoms with Gasteiger partial charge in [-0.2, -0.15) is 0 Å². The van der Waals surface area contributed by atoms with Crippen LogP contribution in [0.1, 0.15) is 24.7 Å². The first-order valence-corrected chi connectivity index (χ1v) is 4.83. The van der Waals surface area contributed by atoms with Crippen LogP contribution < -0.4 is 5.32 Å². The Morgan fingerprint density at radius 3 is 2.86 bits per heavy atom. The van der Waals surface area contributed by atoms with Gasteiger partial charge >= 0.3 is 0 Å². The highest BCUT2D eigenvalue weighted by atomic mass is 16.4. The number of hydrogen-bond donors (Lipinski definition) is 3. The highest BCUT2D eigenvalue weighted by molar-refractivity contribution is 5.05. The molecule has 2 rings (SSSR count). The van der Waals surface area contributed by atoms with Crippen LogP contribution in [0.3, 0.4) is 0 Å². The van der Waals surface area contributed by atoms with E-state index in [1.165, 1.54) is 6.26 Å². The molecule has 0 saturated heterocycles. The summed E-state index contributed by atoms with van der Waals surface area (Å²) in [7, 11) is 0. The number of rotatable bonds is 5. The fourth-order valence-electron chi connectivity index (χ4n) is 1.44. The van der Waals surface area contributed by atoms with E-state index in [0.29, 0.717) is 12.3 Å². The third-order valence-electron chi connectivity index (χ3n) is 2.70. The fraction of sp³-hybridized carbons (Fsp3) is 0.600. The molecule has 0 amide bonds. The van der Waals surface area contributed by atoms with E-state index in [1.54, 1.807) is 12.1 Å². The smallest absolute Gasteiger partial charge is 0.133 e. The molecule has 1 atom stereocenters. The number of aliphatic hydroxyl groups excluding tert-OH is 2. The summed E-state index contributed by atoms with van der Waals surface area (Å²) in [6, 6.07) is 3.49. The Kier molecular flexibility index (Phi) is 2.58. The molecule has 14 heavy (non-hydrogen) atoms. The van der Waals surface area contributed by atoms with Crippen molar-refractivity contribution in [1.29, 1.82) is 0 Å². The lowest BCUT2D eigenvalue weighted by atomic mass is 10.2. The van der Waals surface area contributed by atoms with Crippen LogP contribution in [0.2, 0.25) is 0 Å². The first-order chi connectivity index (χ1) is 6.76. The summed E-state index contributed by atoms with van der Waals surface area (Å²) < 4.78 is 5.06. The first kappa shape index (κ1) is 9.71. The molecule has 1 aromatic rings. The zero-order valence-electron chi connectivity index (χ0n) is 7.94. The van der Waals surface area contributed by atoms with E-state index < -0.39 is 6.10 Å². The molecule has 1 saturated carbocycles. The predicted octanol–water partition coefficient (Wildman–Crippen LogP) is 0.427. The molecule has 4 nitrogen and oxygen atoms in total. The van der Waals surface area contributed by atoms with Crippen molar-refractivity contribution in [2.24, 2.45) is 0 Å². The van der Waals surface area contributed by atoms with Crippen LogP contribution in [-0.4, -0.2) is 28.9 Å². The van der Waals surface area contributed by atoms with E-state index in [2.05, 4.69) is 5.32 Å². The lowest BCUT2D eigenvalue weighted by molar-refractivity contribution is 0.132. The first-order valence-electron chi connectivity index (χ1n) is 4.83. The van der Waals surface area contributed by atoms with Crippen LogP contribution in [-0.2, 0) is 0 Å². The van der Waals surface area contributed by atoms with E-state index >= 15 is 0 Å². The largest absolute Gasteiger partial charge is 0.467 e. The van der Waals surface area contributed by atoms with E-state index in [1.807, 2.05) is 0 Å². The molecule has 0 radical (unpaired) electrons. The molecule has 3 N–H and O–H groups in total. The van der Waals surface area contributed by atoms with Gasteiger partial charge in [0.25, 0.3) is 0 Å². The molecule has 1 aromatic heterocycles. The quantitative estimate of drug-likeness (QED) is 0.640. The van der Waals surface area contributed by atoms with Gasteiger partial charge in [0.15, 0.2) is 0 Å². The summed E-state index contributed by atoms with van der Waals surface area (Å²) in [5, 5.41) is 21.8. The van der Waals surface area contributed by atoms with Crippen molar-refractivity contribution in [1.82, 2.24) is 5.32 Å². The summed E-state index contributed by atoms with van der Waals surface area (Å²) >= 11 is 0. The SMILES string of the molecule is OCC1(NCC(O)c2ccco2)CC1. The van der Waals surface area contributed by atoms with Gasteiger partial charge in [0.1, 0.15) is 11.9 Å². The van der Waals surface area contributed by atoms with Crippen LogP contribution >= 0.6 is 0 Å². The van der Waals surface area contributed by atoms with Crippen LogP contribution in [0.5, 0.6) is 0 Å². The number of β-amino-alcohol motifs (C(OH)–C–C–N with tert-alkyl or cyclic N) is 1. The average Bonchev–Trinajstić information content (AvgIpc) is 2.78. The van der Waals surface area contributed by atoms with E-state index in [-0.39, 0.29) is 12.1 Å². The van der Waals surface area contributed by atoms with Gasteiger partial charge in [0.05, 0.1) is 12.9 Å². The van der Waals surface area contributed by atoms with Crippen LogP contribution in [0.4, 0.5) is 0 Å². The summed E-state index contributed by atoms with van der Waals surface area (Å²) in [4.78, 5) is 0. The maximum absolute atomic E-state index is 9.66. The minimum absolute atomic E-state index is 0.131. The van der Waals surface area contributed by atoms with E-state index in [0.717, 1.165) is 12.8 Å². The van der Waals surface area contributed by atoms with Gasteiger partial charge in [-0.15, -0.1) is 0 Å². The Bertz CT molecular complexity index is 280. The molecule has 4 heteroatoms. The maximum Gasteiger partial charge on any atom is 0.133 e. The molecule has 0 spiro atoms. The van der Waals surface area contributed by atoms with E-state index in [9.17, 15) is 5.11 Å². The van der Waals surface area contributed by atoms with Gasteiger partial charge < -0.3 is 19.9 Å². The van der Waals surface area contributed by atoms with E-state index in [4.69, 9.17) is 9.52 Å². The van der Waals surface area contributed by atoms with Crippen molar-refractivity contribution < 1.29 is 14.6 Å². The summed E-state index contributed by atoms with van der Waals surface area (Å²) in [5.41, 5.74) is -0.131. The van der Waals surface area contributed by atoms with Crippen molar-refractivity contribution in [3.63, 3.8) is 0 Å². The highest BCUT2D eigenvalue weighted by Crippen LogP contribution is 2.34. The van der Waals surface area contributed by atoms with Crippen LogP contribution in [0.25, 0.3) is 0 Å². The Hall–Kier alpha value is -0.840. The van der Waals surface area contributed by atoms with Crippen molar-refractivity contribution in [3.05, 3.63) is 24.2 Å². The summed E-state index contributed by atoms with van der Waals surface area (Å²) in [5.74, 6) is 0.561. The summed E-state index contributed by atoms with van der Waals surface area (Å²) in [6.45, 7) is 0.561. The van der Waals surface area contributed by atoms with Crippen molar-refractivity contribution in [2.75, 3.05) is 13.2 Å². The van der Waals surface area contributed by atoms with Gasteiger partial charge in [-0.05, 0) is 25.0 Å². The molecule has 1 aliphatic rings. The minimum Gasteiger partial charge on any atom is -0.467 e. The van der Waals surface area contributed by atoms with Crippen LogP contribution in [0, 0.1) is 0 Å². The molecule has 1 fully saturated rings. The number of nitrogens with one attached hydrogen (secondary N) is 1. The average molecular weight is 197 g/mol. The molecule has 0 aromatic carbocycles. The lowest BCUT2D eigenvalue weighted by Crippen LogP contribution is -2.37. The zero-order chi connectivity index (χ0) is 10.0. The fourth-order valence-corrected chi connectivity index (χ4v) is 1.44. The second-order valence-electron chi connectivity index (χ2n) is 3.85. The third kappa shape index (κ3) is 1.97. The van der Waals surface area contributed by atoms with Gasteiger partial charge in [-0.3, -0.25) is 0 Å². The third-order valence-corrected chi connectivity index (χ3v) is 2.70. The molecular formula is C10H15NO3. The molecule has 1 unspecified atom stereocenters. The number of hydrogen-bond acceptors (Lipinski definition) is 4. The maximum atomic E-state index is 9.66. The predicted molar refractivity (Wildman–Crippen MR) is 50.7 cm³/mol. The second-order valence-corrected chi connectivity index (χ2v) is 3.85. The van der Waals surface area contributed by atoms with Crippen molar-refractivity contribution in [2.45, 2.75) is 24.5 Å². The van der Waals surface area contributed by atoms with Crippen LogP contribution in [0.15, 0.2) is 22.8 Å². The van der Waals surface area contributed by atoms with Crippen molar-refractivity contribution in [3.8, 4) is 0 Å². The Balaban J connectivity index is 1.81. The highest BCUT2D eigenvalue weighted by Gasteiger charge is 2.41. The Labute approximate surface area is 82.5 Å². The minimum atomic E-state index is -0.631. The van der Waals surface area contributed by atoms with Gasteiger partial charge in [0.2, 0.25) is 0 Å². The standard InChI is InChI=1S/C10H15NO3/c12-7-10(3-4-10)11-6-8(13)9-2-1-5-14-9/h1-2,5,8,11-13H,3-4,6-7H2. The Morgan fingerprint density at radius 1 is 1.57 bits per heavy atom. The van der Waals surface area contributed by atoms with Gasteiger partial charge in [-0.1, -0.05) is 0 Å².